The highest BCUT2D eigenvalue weighted by molar-refractivity contribution is 7.09. The van der Waals surface area contributed by atoms with Crippen molar-refractivity contribution in [2.75, 3.05) is 32.7 Å². The van der Waals surface area contributed by atoms with E-state index in [4.69, 9.17) is 0 Å². The Morgan fingerprint density at radius 1 is 1.07 bits per heavy atom. The van der Waals surface area contributed by atoms with Crippen molar-refractivity contribution in [3.8, 4) is 0 Å². The van der Waals surface area contributed by atoms with E-state index in [0.717, 1.165) is 50.3 Å². The van der Waals surface area contributed by atoms with E-state index in [-0.39, 0.29) is 5.91 Å². The molecule has 1 saturated heterocycles. The molecule has 0 saturated carbocycles. The molecular weight excluding hydrogens is 358 g/mol. The molecule has 0 spiro atoms. The first-order valence-electron chi connectivity index (χ1n) is 9.23. The van der Waals surface area contributed by atoms with E-state index in [1.807, 2.05) is 40.5 Å². The van der Waals surface area contributed by atoms with Crippen LogP contribution in [-0.4, -0.2) is 63.2 Å². The number of amides is 1. The third-order valence-corrected chi connectivity index (χ3v) is 5.86. The molecule has 27 heavy (non-hydrogen) atoms. The molecule has 140 valence electrons. The maximum atomic E-state index is 12.8. The Labute approximate surface area is 163 Å². The normalized spacial score (nSPS) is 15.2. The summed E-state index contributed by atoms with van der Waals surface area (Å²) in [5, 5.41) is 6.24. The van der Waals surface area contributed by atoms with Gasteiger partial charge in [0.15, 0.2) is 0 Å². The van der Waals surface area contributed by atoms with Crippen molar-refractivity contribution in [1.82, 2.24) is 24.6 Å². The molecule has 1 aliphatic heterocycles. The van der Waals surface area contributed by atoms with Crippen molar-refractivity contribution in [2.45, 2.75) is 13.0 Å². The van der Waals surface area contributed by atoms with Gasteiger partial charge in [-0.15, -0.1) is 11.3 Å². The van der Waals surface area contributed by atoms with Crippen LogP contribution < -0.4 is 0 Å². The van der Waals surface area contributed by atoms with E-state index in [9.17, 15) is 4.79 Å². The van der Waals surface area contributed by atoms with Crippen LogP contribution in [0.2, 0.25) is 0 Å². The van der Waals surface area contributed by atoms with Gasteiger partial charge in [0.05, 0.1) is 6.54 Å². The number of piperazine rings is 1. The summed E-state index contributed by atoms with van der Waals surface area (Å²) in [6, 6.07) is 12.1. The number of thiophene rings is 1. The zero-order chi connectivity index (χ0) is 18.5. The molecule has 1 aliphatic rings. The molecule has 3 heterocycles. The number of hydrogen-bond donors (Lipinski definition) is 0. The number of carbonyl (C=O) groups excluding carboxylic acids is 1. The van der Waals surface area contributed by atoms with Crippen LogP contribution in [0.1, 0.15) is 20.8 Å². The molecule has 7 heteroatoms. The van der Waals surface area contributed by atoms with Crippen LogP contribution in [0.3, 0.4) is 0 Å². The number of hydrogen-bond acceptors (Lipinski definition) is 5. The molecule has 1 fully saturated rings. The first-order chi connectivity index (χ1) is 13.3. The number of nitrogens with zero attached hydrogens (tertiary/aromatic N) is 5. The van der Waals surface area contributed by atoms with Gasteiger partial charge in [0.1, 0.15) is 12.7 Å². The zero-order valence-electron chi connectivity index (χ0n) is 15.2. The number of carbonyl (C=O) groups is 1. The first-order valence-corrected chi connectivity index (χ1v) is 10.1. The van der Waals surface area contributed by atoms with Crippen LogP contribution in [0.25, 0.3) is 0 Å². The highest BCUT2D eigenvalue weighted by Crippen LogP contribution is 2.13. The second kappa shape index (κ2) is 8.45. The Balaban J connectivity index is 1.27. The Morgan fingerprint density at radius 3 is 2.56 bits per heavy atom. The van der Waals surface area contributed by atoms with Crippen LogP contribution in [0.4, 0.5) is 0 Å². The van der Waals surface area contributed by atoms with Gasteiger partial charge in [-0.25, -0.2) is 9.67 Å². The predicted molar refractivity (Wildman–Crippen MR) is 106 cm³/mol. The van der Waals surface area contributed by atoms with Crippen molar-refractivity contribution in [1.29, 1.82) is 0 Å². The standard InChI is InChI=1S/C20H23N5OS/c26-20(18-5-3-17(4-6-18)14-25-16-21-15-22-25)24-11-9-23(10-12-24)8-7-19-2-1-13-27-19/h1-6,13,15-16H,7-12,14H2. The SMILES string of the molecule is O=C(c1ccc(Cn2cncn2)cc1)N1CCN(CCc2cccs2)CC1. The zero-order valence-corrected chi connectivity index (χ0v) is 16.0. The lowest BCUT2D eigenvalue weighted by atomic mass is 10.1. The van der Waals surface area contributed by atoms with Crippen molar-refractivity contribution in [3.63, 3.8) is 0 Å². The summed E-state index contributed by atoms with van der Waals surface area (Å²) < 4.78 is 1.77. The Kier molecular flexibility index (Phi) is 5.60. The second-order valence-corrected chi connectivity index (χ2v) is 7.79. The fourth-order valence-electron chi connectivity index (χ4n) is 3.33. The van der Waals surface area contributed by atoms with E-state index in [2.05, 4.69) is 32.5 Å². The number of rotatable bonds is 6. The van der Waals surface area contributed by atoms with Crippen LogP contribution >= 0.6 is 11.3 Å². The summed E-state index contributed by atoms with van der Waals surface area (Å²) >= 11 is 1.82. The molecule has 4 rings (SSSR count). The molecule has 0 unspecified atom stereocenters. The van der Waals surface area contributed by atoms with Crippen molar-refractivity contribution in [2.24, 2.45) is 0 Å². The molecule has 3 aromatic rings. The Hall–Kier alpha value is -2.51. The molecule has 0 aliphatic carbocycles. The molecule has 0 atom stereocenters. The third-order valence-electron chi connectivity index (χ3n) is 4.93. The topological polar surface area (TPSA) is 54.3 Å². The molecule has 0 bridgehead atoms. The molecule has 2 aromatic heterocycles. The number of benzene rings is 1. The quantitative estimate of drug-likeness (QED) is 0.658. The summed E-state index contributed by atoms with van der Waals surface area (Å²) in [6.45, 7) is 5.22. The van der Waals surface area contributed by atoms with E-state index in [1.165, 1.54) is 11.2 Å². The summed E-state index contributed by atoms with van der Waals surface area (Å²) in [5.41, 5.74) is 1.86. The predicted octanol–water partition coefficient (Wildman–Crippen LogP) is 2.39. The van der Waals surface area contributed by atoms with Crippen molar-refractivity contribution < 1.29 is 4.79 Å². The first kappa shape index (κ1) is 17.9. The molecule has 0 N–H and O–H groups in total. The van der Waals surface area contributed by atoms with Gasteiger partial charge in [0.2, 0.25) is 0 Å². The van der Waals surface area contributed by atoms with Gasteiger partial charge in [-0.1, -0.05) is 18.2 Å². The summed E-state index contributed by atoms with van der Waals surface area (Å²) in [6.07, 6.45) is 4.31. The minimum absolute atomic E-state index is 0.125. The van der Waals surface area contributed by atoms with Gasteiger partial charge in [-0.2, -0.15) is 5.10 Å². The van der Waals surface area contributed by atoms with Gasteiger partial charge < -0.3 is 4.90 Å². The largest absolute Gasteiger partial charge is 0.336 e. The average Bonchev–Trinajstić information content (AvgIpc) is 3.41. The molecule has 0 radical (unpaired) electrons. The monoisotopic (exact) mass is 381 g/mol. The molecule has 6 nitrogen and oxygen atoms in total. The van der Waals surface area contributed by atoms with Gasteiger partial charge in [-0.3, -0.25) is 9.69 Å². The van der Waals surface area contributed by atoms with Crippen molar-refractivity contribution in [3.05, 3.63) is 70.4 Å². The maximum absolute atomic E-state index is 12.8. The second-order valence-electron chi connectivity index (χ2n) is 6.75. The maximum Gasteiger partial charge on any atom is 0.253 e. The minimum atomic E-state index is 0.125. The fourth-order valence-corrected chi connectivity index (χ4v) is 4.03. The highest BCUT2D eigenvalue weighted by atomic mass is 32.1. The fraction of sp³-hybridized carbons (Fsp3) is 0.350. The van der Waals surface area contributed by atoms with Gasteiger partial charge in [0.25, 0.3) is 5.91 Å². The van der Waals surface area contributed by atoms with Gasteiger partial charge in [0, 0.05) is 43.2 Å². The Bertz CT molecular complexity index is 837. The molecule has 1 amide bonds. The molecule has 1 aromatic carbocycles. The molecular formula is C20H23N5OS. The van der Waals surface area contributed by atoms with Crippen LogP contribution in [-0.2, 0) is 13.0 Å². The van der Waals surface area contributed by atoms with E-state index in [0.29, 0.717) is 6.54 Å². The van der Waals surface area contributed by atoms with E-state index >= 15 is 0 Å². The lowest BCUT2D eigenvalue weighted by molar-refractivity contribution is 0.0639. The van der Waals surface area contributed by atoms with Crippen LogP contribution in [0.15, 0.2) is 54.4 Å². The van der Waals surface area contributed by atoms with Crippen molar-refractivity contribution >= 4 is 17.2 Å². The average molecular weight is 382 g/mol. The van der Waals surface area contributed by atoms with E-state index in [1.54, 1.807) is 11.0 Å². The summed E-state index contributed by atoms with van der Waals surface area (Å²) in [5.74, 6) is 0.125. The lowest BCUT2D eigenvalue weighted by Crippen LogP contribution is -2.49. The lowest BCUT2D eigenvalue weighted by Gasteiger charge is -2.34. The van der Waals surface area contributed by atoms with E-state index < -0.39 is 0 Å². The van der Waals surface area contributed by atoms with Gasteiger partial charge in [-0.05, 0) is 35.6 Å². The summed E-state index contributed by atoms with van der Waals surface area (Å²) in [7, 11) is 0. The van der Waals surface area contributed by atoms with Crippen LogP contribution in [0, 0.1) is 0 Å². The van der Waals surface area contributed by atoms with Gasteiger partial charge >= 0.3 is 0 Å². The number of aromatic nitrogens is 3. The summed E-state index contributed by atoms with van der Waals surface area (Å²) in [4.78, 5) is 22.6. The minimum Gasteiger partial charge on any atom is -0.336 e. The highest BCUT2D eigenvalue weighted by Gasteiger charge is 2.21. The smallest absolute Gasteiger partial charge is 0.253 e. The Morgan fingerprint density at radius 2 is 1.89 bits per heavy atom. The van der Waals surface area contributed by atoms with Crippen LogP contribution in [0.5, 0.6) is 0 Å². The third kappa shape index (κ3) is 4.61.